The second-order valence-electron chi connectivity index (χ2n) is 5.05. The first-order valence-electron chi connectivity index (χ1n) is 7.36. The zero-order valence-corrected chi connectivity index (χ0v) is 12.6. The molecule has 0 spiro atoms. The summed E-state index contributed by atoms with van der Waals surface area (Å²) in [6, 6.07) is -0.108. The van der Waals surface area contributed by atoms with Gasteiger partial charge in [0.05, 0.1) is 11.9 Å². The number of nitrogens with one attached hydrogen (secondary N) is 2. The van der Waals surface area contributed by atoms with Crippen molar-refractivity contribution in [2.45, 2.75) is 58.5 Å². The number of aromatic nitrogens is 2. The number of rotatable bonds is 9. The first kappa shape index (κ1) is 17.0. The molecule has 0 aromatic carbocycles. The quantitative estimate of drug-likeness (QED) is 0.652. The zero-order chi connectivity index (χ0) is 15.7. The average molecular weight is 296 g/mol. The minimum atomic E-state index is -0.975. The van der Waals surface area contributed by atoms with E-state index in [-0.39, 0.29) is 18.6 Å². The smallest absolute Gasteiger partial charge is 0.325 e. The number of hydrogen-bond acceptors (Lipinski definition) is 3. The van der Waals surface area contributed by atoms with Crippen molar-refractivity contribution in [1.29, 1.82) is 0 Å². The van der Waals surface area contributed by atoms with Crippen LogP contribution in [-0.2, 0) is 11.3 Å². The Hall–Kier alpha value is -2.05. The number of carboxylic acid groups (broad SMARTS) is 1. The van der Waals surface area contributed by atoms with Crippen LogP contribution >= 0.6 is 0 Å². The van der Waals surface area contributed by atoms with Crippen LogP contribution in [0, 0.1) is 0 Å². The predicted molar refractivity (Wildman–Crippen MR) is 80.2 cm³/mol. The van der Waals surface area contributed by atoms with Crippen LogP contribution in [0.4, 0.5) is 10.5 Å². The van der Waals surface area contributed by atoms with Crippen LogP contribution in [-0.4, -0.2) is 32.9 Å². The highest BCUT2D eigenvalue weighted by Gasteiger charge is 2.12. The summed E-state index contributed by atoms with van der Waals surface area (Å²) in [5.74, 6) is -0.975. The van der Waals surface area contributed by atoms with Crippen molar-refractivity contribution in [2.75, 3.05) is 5.32 Å². The molecule has 0 saturated heterocycles. The molecule has 1 heterocycles. The Kier molecular flexibility index (Phi) is 7.28. The number of aliphatic carboxylic acids is 1. The maximum atomic E-state index is 11.9. The van der Waals surface area contributed by atoms with Gasteiger partial charge in [0.25, 0.3) is 0 Å². The van der Waals surface area contributed by atoms with E-state index in [1.54, 1.807) is 0 Å². The molecule has 2 amide bonds. The van der Waals surface area contributed by atoms with Crippen LogP contribution < -0.4 is 10.6 Å². The molecule has 7 heteroatoms. The molecule has 0 aliphatic carbocycles. The van der Waals surface area contributed by atoms with Gasteiger partial charge in [0.1, 0.15) is 6.54 Å². The third-order valence-electron chi connectivity index (χ3n) is 3.07. The number of amides is 2. The number of hydrogen-bond donors (Lipinski definition) is 3. The summed E-state index contributed by atoms with van der Waals surface area (Å²) in [6.07, 6.45) is 8.05. The van der Waals surface area contributed by atoms with Crippen LogP contribution in [0.25, 0.3) is 0 Å². The average Bonchev–Trinajstić information content (AvgIpc) is 2.82. The van der Waals surface area contributed by atoms with Gasteiger partial charge >= 0.3 is 12.0 Å². The highest BCUT2D eigenvalue weighted by atomic mass is 16.4. The molecule has 1 rings (SSSR count). The Morgan fingerprint density at radius 1 is 1.33 bits per heavy atom. The molecule has 0 fully saturated rings. The van der Waals surface area contributed by atoms with E-state index in [0.29, 0.717) is 5.69 Å². The molecule has 0 aliphatic heterocycles. The van der Waals surface area contributed by atoms with Crippen molar-refractivity contribution in [3.05, 3.63) is 12.4 Å². The fourth-order valence-electron chi connectivity index (χ4n) is 2.09. The van der Waals surface area contributed by atoms with E-state index in [9.17, 15) is 9.59 Å². The number of nitrogens with zero attached hydrogens (tertiary/aromatic N) is 2. The lowest BCUT2D eigenvalue weighted by atomic mass is 10.1. The Morgan fingerprint density at radius 3 is 2.71 bits per heavy atom. The van der Waals surface area contributed by atoms with Crippen molar-refractivity contribution in [3.63, 3.8) is 0 Å². The molecule has 1 aromatic heterocycles. The van der Waals surface area contributed by atoms with Crippen molar-refractivity contribution < 1.29 is 14.7 Å². The second kappa shape index (κ2) is 8.99. The summed E-state index contributed by atoms with van der Waals surface area (Å²) in [5, 5.41) is 18.1. The molecule has 21 heavy (non-hydrogen) atoms. The SMILES string of the molecule is CCCCC(CCC)NC(=O)Nc1cnn(CC(=O)O)c1. The van der Waals surface area contributed by atoms with Gasteiger partial charge in [-0.05, 0) is 12.8 Å². The summed E-state index contributed by atoms with van der Waals surface area (Å²) < 4.78 is 1.26. The molecule has 1 atom stereocenters. The van der Waals surface area contributed by atoms with Gasteiger partial charge in [-0.1, -0.05) is 33.1 Å². The molecule has 1 unspecified atom stereocenters. The van der Waals surface area contributed by atoms with Crippen molar-refractivity contribution in [1.82, 2.24) is 15.1 Å². The summed E-state index contributed by atoms with van der Waals surface area (Å²) in [5.41, 5.74) is 0.486. The van der Waals surface area contributed by atoms with Crippen molar-refractivity contribution >= 4 is 17.7 Å². The third-order valence-corrected chi connectivity index (χ3v) is 3.07. The van der Waals surface area contributed by atoms with Crippen LogP contribution in [0.15, 0.2) is 12.4 Å². The van der Waals surface area contributed by atoms with Gasteiger partial charge in [-0.2, -0.15) is 5.10 Å². The monoisotopic (exact) mass is 296 g/mol. The lowest BCUT2D eigenvalue weighted by Gasteiger charge is -2.17. The normalized spacial score (nSPS) is 11.9. The van der Waals surface area contributed by atoms with Gasteiger partial charge in [0, 0.05) is 12.2 Å². The van der Waals surface area contributed by atoms with Gasteiger partial charge in [-0.3, -0.25) is 9.48 Å². The Morgan fingerprint density at radius 2 is 2.10 bits per heavy atom. The van der Waals surface area contributed by atoms with E-state index in [4.69, 9.17) is 5.11 Å². The zero-order valence-electron chi connectivity index (χ0n) is 12.6. The molecule has 118 valence electrons. The number of carbonyl (C=O) groups is 2. The number of unbranched alkanes of at least 4 members (excludes halogenated alkanes) is 1. The Balaban J connectivity index is 2.47. The maximum absolute atomic E-state index is 11.9. The largest absolute Gasteiger partial charge is 0.480 e. The minimum Gasteiger partial charge on any atom is -0.480 e. The Bertz CT molecular complexity index is 459. The topological polar surface area (TPSA) is 96.3 Å². The van der Waals surface area contributed by atoms with E-state index in [1.165, 1.54) is 17.1 Å². The molecule has 0 bridgehead atoms. The van der Waals surface area contributed by atoms with E-state index in [0.717, 1.165) is 32.1 Å². The summed E-state index contributed by atoms with van der Waals surface area (Å²) >= 11 is 0. The Labute approximate surface area is 124 Å². The molecule has 0 radical (unpaired) electrons. The fraction of sp³-hybridized carbons (Fsp3) is 0.643. The van der Waals surface area contributed by atoms with E-state index >= 15 is 0 Å². The van der Waals surface area contributed by atoms with Crippen molar-refractivity contribution in [2.24, 2.45) is 0 Å². The molecule has 0 saturated carbocycles. The number of urea groups is 1. The fourth-order valence-corrected chi connectivity index (χ4v) is 2.09. The summed E-state index contributed by atoms with van der Waals surface area (Å²) in [4.78, 5) is 22.5. The van der Waals surface area contributed by atoms with Crippen LogP contribution in [0.3, 0.4) is 0 Å². The van der Waals surface area contributed by atoms with Gasteiger partial charge in [0.2, 0.25) is 0 Å². The van der Waals surface area contributed by atoms with Crippen LogP contribution in [0.5, 0.6) is 0 Å². The maximum Gasteiger partial charge on any atom is 0.325 e. The first-order chi connectivity index (χ1) is 10.0. The van der Waals surface area contributed by atoms with E-state index < -0.39 is 5.97 Å². The molecular formula is C14H24N4O3. The van der Waals surface area contributed by atoms with Crippen LogP contribution in [0.2, 0.25) is 0 Å². The highest BCUT2D eigenvalue weighted by Crippen LogP contribution is 2.08. The van der Waals surface area contributed by atoms with E-state index in [2.05, 4.69) is 29.6 Å². The van der Waals surface area contributed by atoms with Gasteiger partial charge in [-0.25, -0.2) is 4.79 Å². The minimum absolute atomic E-state index is 0.170. The lowest BCUT2D eigenvalue weighted by molar-refractivity contribution is -0.137. The molecule has 7 nitrogen and oxygen atoms in total. The van der Waals surface area contributed by atoms with Gasteiger partial charge < -0.3 is 15.7 Å². The number of anilines is 1. The van der Waals surface area contributed by atoms with Gasteiger partial charge in [0.15, 0.2) is 0 Å². The molecular weight excluding hydrogens is 272 g/mol. The van der Waals surface area contributed by atoms with Crippen molar-refractivity contribution in [3.8, 4) is 0 Å². The molecule has 1 aromatic rings. The molecule has 3 N–H and O–H groups in total. The third kappa shape index (κ3) is 6.78. The first-order valence-corrected chi connectivity index (χ1v) is 7.36. The summed E-state index contributed by atoms with van der Waals surface area (Å²) in [7, 11) is 0. The second-order valence-corrected chi connectivity index (χ2v) is 5.05. The molecule has 0 aliphatic rings. The number of carboxylic acids is 1. The highest BCUT2D eigenvalue weighted by molar-refractivity contribution is 5.89. The van der Waals surface area contributed by atoms with Crippen LogP contribution in [0.1, 0.15) is 46.0 Å². The number of carbonyl (C=O) groups excluding carboxylic acids is 1. The standard InChI is InChI=1S/C14H24N4O3/c1-3-5-7-11(6-4-2)16-14(21)17-12-8-15-18(9-12)10-13(19)20/h8-9,11H,3-7,10H2,1-2H3,(H,19,20)(H2,16,17,21). The predicted octanol–water partition coefficient (Wildman–Crippen LogP) is 2.45. The van der Waals surface area contributed by atoms with Gasteiger partial charge in [-0.15, -0.1) is 0 Å². The van der Waals surface area contributed by atoms with E-state index in [1.807, 2.05) is 0 Å². The summed E-state index contributed by atoms with van der Waals surface area (Å²) in [6.45, 7) is 3.99. The lowest BCUT2D eigenvalue weighted by Crippen LogP contribution is -2.37.